The highest BCUT2D eigenvalue weighted by atomic mass is 35.5. The molecule has 0 aliphatic carbocycles. The summed E-state index contributed by atoms with van der Waals surface area (Å²) in [6, 6.07) is 11.2. The summed E-state index contributed by atoms with van der Waals surface area (Å²) in [7, 11) is 0. The minimum Gasteiger partial charge on any atom is -0.451 e. The van der Waals surface area contributed by atoms with Crippen LogP contribution in [-0.4, -0.2) is 21.8 Å². The van der Waals surface area contributed by atoms with Crippen molar-refractivity contribution in [1.82, 2.24) is 14.7 Å². The van der Waals surface area contributed by atoms with Crippen LogP contribution in [0.15, 0.2) is 53.2 Å². The quantitative estimate of drug-likeness (QED) is 0.603. The average Bonchev–Trinajstić information content (AvgIpc) is 3.16. The summed E-state index contributed by atoms with van der Waals surface area (Å²) in [6.07, 6.45) is 4.57. The smallest absolute Gasteiger partial charge is 0.287 e. The average molecular weight is 354 g/mol. The van der Waals surface area contributed by atoms with Crippen LogP contribution in [0.2, 0.25) is 5.02 Å². The van der Waals surface area contributed by atoms with Crippen LogP contribution in [0.1, 0.15) is 21.8 Å². The predicted molar refractivity (Wildman–Crippen MR) is 97.2 cm³/mol. The van der Waals surface area contributed by atoms with Crippen LogP contribution in [-0.2, 0) is 6.42 Å². The first-order valence-corrected chi connectivity index (χ1v) is 8.39. The molecule has 0 radical (unpaired) electrons. The molecule has 126 valence electrons. The number of aryl methyl sites for hydroxylation is 1. The Balaban J connectivity index is 1.46. The predicted octanol–water partition coefficient (Wildman–Crippen LogP) is 4.01. The highest BCUT2D eigenvalue weighted by Gasteiger charge is 2.17. The van der Waals surface area contributed by atoms with E-state index in [0.717, 1.165) is 22.3 Å². The summed E-state index contributed by atoms with van der Waals surface area (Å²) in [5.41, 5.74) is 3.28. The van der Waals surface area contributed by atoms with Gasteiger partial charge in [-0.3, -0.25) is 4.79 Å². The van der Waals surface area contributed by atoms with Crippen LogP contribution >= 0.6 is 11.6 Å². The third kappa shape index (κ3) is 2.98. The van der Waals surface area contributed by atoms with Gasteiger partial charge in [0.25, 0.3) is 5.91 Å². The Kier molecular flexibility index (Phi) is 3.93. The van der Waals surface area contributed by atoms with E-state index in [-0.39, 0.29) is 5.91 Å². The van der Waals surface area contributed by atoms with Crippen LogP contribution in [0.25, 0.3) is 16.6 Å². The van der Waals surface area contributed by atoms with Crippen molar-refractivity contribution >= 4 is 34.1 Å². The third-order valence-electron chi connectivity index (χ3n) is 4.19. The Morgan fingerprint density at radius 2 is 2.20 bits per heavy atom. The normalized spacial score (nSPS) is 11.3. The number of furan rings is 1. The topological polar surface area (TPSA) is 59.5 Å². The second-order valence-electron chi connectivity index (χ2n) is 5.90. The van der Waals surface area contributed by atoms with Gasteiger partial charge in [0.2, 0.25) is 0 Å². The van der Waals surface area contributed by atoms with E-state index in [9.17, 15) is 4.79 Å². The lowest BCUT2D eigenvalue weighted by molar-refractivity contribution is 0.0927. The lowest BCUT2D eigenvalue weighted by atomic mass is 10.1. The number of aromatic nitrogens is 2. The molecule has 1 amide bonds. The third-order valence-corrected chi connectivity index (χ3v) is 4.42. The Morgan fingerprint density at radius 3 is 3.04 bits per heavy atom. The summed E-state index contributed by atoms with van der Waals surface area (Å²) in [5, 5.41) is 4.37. The summed E-state index contributed by atoms with van der Waals surface area (Å²) in [6.45, 7) is 2.35. The van der Waals surface area contributed by atoms with Gasteiger partial charge in [-0.05, 0) is 37.3 Å². The van der Waals surface area contributed by atoms with Gasteiger partial charge < -0.3 is 14.1 Å². The number of imidazole rings is 1. The van der Waals surface area contributed by atoms with Crippen molar-refractivity contribution < 1.29 is 9.21 Å². The first-order valence-electron chi connectivity index (χ1n) is 8.01. The van der Waals surface area contributed by atoms with Gasteiger partial charge in [0, 0.05) is 41.3 Å². The fourth-order valence-corrected chi connectivity index (χ4v) is 3.07. The molecule has 3 heterocycles. The number of hydrogen-bond acceptors (Lipinski definition) is 3. The molecule has 0 spiro atoms. The fourth-order valence-electron chi connectivity index (χ4n) is 2.90. The summed E-state index contributed by atoms with van der Waals surface area (Å²) >= 11 is 6.01. The van der Waals surface area contributed by atoms with Gasteiger partial charge in [-0.2, -0.15) is 0 Å². The van der Waals surface area contributed by atoms with Gasteiger partial charge in [-0.25, -0.2) is 4.98 Å². The maximum absolute atomic E-state index is 12.4. The Bertz CT molecular complexity index is 1050. The molecule has 0 saturated heterocycles. The van der Waals surface area contributed by atoms with Crippen molar-refractivity contribution in [1.29, 1.82) is 0 Å². The highest BCUT2D eigenvalue weighted by Crippen LogP contribution is 2.27. The van der Waals surface area contributed by atoms with E-state index in [1.165, 1.54) is 0 Å². The van der Waals surface area contributed by atoms with Crippen LogP contribution < -0.4 is 5.32 Å². The molecule has 4 aromatic rings. The van der Waals surface area contributed by atoms with Gasteiger partial charge in [0.15, 0.2) is 5.76 Å². The minimum atomic E-state index is -0.228. The Morgan fingerprint density at radius 1 is 1.32 bits per heavy atom. The van der Waals surface area contributed by atoms with Crippen molar-refractivity contribution in [3.63, 3.8) is 0 Å². The molecule has 3 aromatic heterocycles. The van der Waals surface area contributed by atoms with Crippen LogP contribution in [0, 0.1) is 6.92 Å². The lowest BCUT2D eigenvalue weighted by Gasteiger charge is -2.02. The maximum Gasteiger partial charge on any atom is 0.287 e. The van der Waals surface area contributed by atoms with Gasteiger partial charge in [-0.1, -0.05) is 17.7 Å². The monoisotopic (exact) mass is 353 g/mol. The molecule has 0 atom stereocenters. The number of fused-ring (bicyclic) bond motifs is 2. The van der Waals surface area contributed by atoms with E-state index in [1.54, 1.807) is 12.1 Å². The molecule has 5 nitrogen and oxygen atoms in total. The number of halogens is 1. The lowest BCUT2D eigenvalue weighted by Crippen LogP contribution is -2.25. The molecule has 0 saturated carbocycles. The number of benzene rings is 1. The van der Waals surface area contributed by atoms with Crippen molar-refractivity contribution in [2.75, 3.05) is 6.54 Å². The second kappa shape index (κ2) is 6.26. The van der Waals surface area contributed by atoms with Crippen LogP contribution in [0.3, 0.4) is 0 Å². The molecule has 0 fully saturated rings. The molecule has 0 unspecified atom stereocenters. The zero-order valence-electron chi connectivity index (χ0n) is 13.6. The van der Waals surface area contributed by atoms with Gasteiger partial charge >= 0.3 is 0 Å². The Hall–Kier alpha value is -2.79. The number of amides is 1. The fraction of sp³-hybridized carbons (Fsp3) is 0.158. The second-order valence-corrected chi connectivity index (χ2v) is 6.34. The maximum atomic E-state index is 12.4. The zero-order valence-corrected chi connectivity index (χ0v) is 14.4. The van der Waals surface area contributed by atoms with E-state index in [4.69, 9.17) is 16.0 Å². The zero-order chi connectivity index (χ0) is 17.4. The molecule has 6 heteroatoms. The van der Waals surface area contributed by atoms with Crippen molar-refractivity contribution in [2.45, 2.75) is 13.3 Å². The molecule has 0 aliphatic heterocycles. The number of nitrogens with zero attached hydrogens (tertiary/aromatic N) is 2. The van der Waals surface area contributed by atoms with E-state index >= 15 is 0 Å². The largest absolute Gasteiger partial charge is 0.451 e. The Labute approximate surface area is 149 Å². The molecule has 4 rings (SSSR count). The number of carbonyl (C=O) groups excluding carboxylic acids is 1. The number of nitrogens with one attached hydrogen (secondary N) is 1. The summed E-state index contributed by atoms with van der Waals surface area (Å²) in [5.74, 6) is 0.0980. The number of pyridine rings is 1. The molecule has 25 heavy (non-hydrogen) atoms. The molecule has 0 bridgehead atoms. The highest BCUT2D eigenvalue weighted by molar-refractivity contribution is 6.31. The van der Waals surface area contributed by atoms with E-state index < -0.39 is 0 Å². The molecular formula is C19H16ClN3O2. The van der Waals surface area contributed by atoms with Gasteiger partial charge in [0.05, 0.1) is 5.69 Å². The molecule has 0 aliphatic rings. The van der Waals surface area contributed by atoms with Crippen LogP contribution in [0.4, 0.5) is 0 Å². The van der Waals surface area contributed by atoms with Crippen molar-refractivity contribution in [3.8, 4) is 0 Å². The number of carbonyl (C=O) groups is 1. The van der Waals surface area contributed by atoms with Gasteiger partial charge in [-0.15, -0.1) is 0 Å². The first-order chi connectivity index (χ1) is 12.1. The SMILES string of the molecule is Cc1c(C(=O)NCCc2cn3ccccc3n2)oc2ccc(Cl)cc12. The number of hydrogen-bond donors (Lipinski definition) is 1. The van der Waals surface area contributed by atoms with Crippen molar-refractivity contribution in [3.05, 3.63) is 70.8 Å². The molecule has 1 aromatic carbocycles. The van der Waals surface area contributed by atoms with E-state index in [2.05, 4.69) is 10.3 Å². The minimum absolute atomic E-state index is 0.228. The van der Waals surface area contributed by atoms with Crippen LogP contribution in [0.5, 0.6) is 0 Å². The van der Waals surface area contributed by atoms with Crippen molar-refractivity contribution in [2.24, 2.45) is 0 Å². The number of rotatable bonds is 4. The first kappa shape index (κ1) is 15.7. The van der Waals surface area contributed by atoms with E-state index in [1.807, 2.05) is 48.0 Å². The summed E-state index contributed by atoms with van der Waals surface area (Å²) < 4.78 is 7.64. The molecule has 1 N–H and O–H groups in total. The van der Waals surface area contributed by atoms with Gasteiger partial charge in [0.1, 0.15) is 11.2 Å². The standard InChI is InChI=1S/C19H16ClN3O2/c1-12-15-10-13(20)5-6-16(15)25-18(12)19(24)21-8-7-14-11-23-9-3-2-4-17(23)22-14/h2-6,9-11H,7-8H2,1H3,(H,21,24). The summed E-state index contributed by atoms with van der Waals surface area (Å²) in [4.78, 5) is 16.9. The van der Waals surface area contributed by atoms with E-state index in [0.29, 0.717) is 29.3 Å². The molecular weight excluding hydrogens is 338 g/mol.